The molecule has 1 amide bonds. The Bertz CT molecular complexity index is 432. The van der Waals surface area contributed by atoms with E-state index in [9.17, 15) is 4.79 Å². The highest BCUT2D eigenvalue weighted by Crippen LogP contribution is 2.30. The van der Waals surface area contributed by atoms with E-state index >= 15 is 0 Å². The second-order valence-corrected chi connectivity index (χ2v) is 5.15. The van der Waals surface area contributed by atoms with Gasteiger partial charge in [0, 0.05) is 17.8 Å². The second-order valence-electron chi connectivity index (χ2n) is 4.01. The zero-order valence-corrected chi connectivity index (χ0v) is 10.2. The quantitative estimate of drug-likeness (QED) is 0.325. The van der Waals surface area contributed by atoms with Crippen LogP contribution in [0.4, 0.5) is 0 Å². The van der Waals surface area contributed by atoms with Crippen LogP contribution in [0.25, 0.3) is 0 Å². The maximum Gasteiger partial charge on any atom is 0.261 e. The maximum atomic E-state index is 11.8. The highest BCUT2D eigenvalue weighted by molar-refractivity contribution is 7.14. The van der Waals surface area contributed by atoms with Crippen molar-refractivity contribution in [3.05, 3.63) is 21.4 Å². The number of amidine groups is 1. The number of nitrogens with one attached hydrogen (secondary N) is 1. The summed E-state index contributed by atoms with van der Waals surface area (Å²) in [5, 5.41) is 13.9. The van der Waals surface area contributed by atoms with Gasteiger partial charge in [0.25, 0.3) is 5.91 Å². The van der Waals surface area contributed by atoms with Crippen molar-refractivity contribution >= 4 is 23.1 Å². The van der Waals surface area contributed by atoms with Gasteiger partial charge in [0.2, 0.25) is 0 Å². The van der Waals surface area contributed by atoms with E-state index in [1.807, 2.05) is 6.07 Å². The largest absolute Gasteiger partial charge is 0.409 e. The van der Waals surface area contributed by atoms with Crippen LogP contribution in [0.15, 0.2) is 11.2 Å². The molecule has 0 unspecified atom stereocenters. The van der Waals surface area contributed by atoms with E-state index in [-0.39, 0.29) is 11.7 Å². The molecule has 1 heterocycles. The Morgan fingerprint density at radius 1 is 1.59 bits per heavy atom. The first-order valence-electron chi connectivity index (χ1n) is 5.57. The van der Waals surface area contributed by atoms with Gasteiger partial charge in [0.1, 0.15) is 5.84 Å². The molecule has 6 heteroatoms. The van der Waals surface area contributed by atoms with Crippen LogP contribution in [0, 0.1) is 0 Å². The molecule has 0 aromatic carbocycles. The van der Waals surface area contributed by atoms with Crippen molar-refractivity contribution < 1.29 is 10.0 Å². The number of oxime groups is 1. The number of aryl methyl sites for hydroxylation is 2. The number of hydrogen-bond donors (Lipinski definition) is 3. The molecule has 0 radical (unpaired) electrons. The molecule has 0 aliphatic heterocycles. The molecule has 0 atom stereocenters. The molecular formula is C11H15N3O2S. The fraction of sp³-hybridized carbons (Fsp3) is 0.455. The van der Waals surface area contributed by atoms with E-state index in [1.54, 1.807) is 11.3 Å². The van der Waals surface area contributed by atoms with Crippen LogP contribution in [0.2, 0.25) is 0 Å². The summed E-state index contributed by atoms with van der Waals surface area (Å²) in [7, 11) is 0. The number of nitrogens with zero attached hydrogens (tertiary/aromatic N) is 1. The molecule has 0 spiro atoms. The number of amides is 1. The van der Waals surface area contributed by atoms with Gasteiger partial charge >= 0.3 is 0 Å². The number of thiophene rings is 1. The Labute approximate surface area is 103 Å². The molecule has 1 aliphatic carbocycles. The fourth-order valence-electron chi connectivity index (χ4n) is 1.88. The summed E-state index contributed by atoms with van der Waals surface area (Å²) in [5.74, 6) is 0.0501. The molecule has 1 aliphatic rings. The molecule has 2 rings (SSSR count). The molecule has 0 saturated heterocycles. The van der Waals surface area contributed by atoms with Gasteiger partial charge in [-0.05, 0) is 30.9 Å². The standard InChI is InChI=1S/C11H15N3O2S/c12-10(14-16)4-5-13-11(15)9-6-7-2-1-3-8(7)17-9/h6,16H,1-5H2,(H2,12,14)(H,13,15). The highest BCUT2D eigenvalue weighted by Gasteiger charge is 2.18. The van der Waals surface area contributed by atoms with Gasteiger partial charge in [-0.2, -0.15) is 0 Å². The SMILES string of the molecule is N/C(CCNC(=O)c1cc2c(s1)CCC2)=N/O. The summed E-state index contributed by atoms with van der Waals surface area (Å²) in [5.41, 5.74) is 6.62. The van der Waals surface area contributed by atoms with Gasteiger partial charge in [-0.1, -0.05) is 5.16 Å². The summed E-state index contributed by atoms with van der Waals surface area (Å²) < 4.78 is 0. The molecule has 1 aromatic heterocycles. The minimum Gasteiger partial charge on any atom is -0.409 e. The molecule has 4 N–H and O–H groups in total. The van der Waals surface area contributed by atoms with Crippen molar-refractivity contribution in [2.75, 3.05) is 6.54 Å². The van der Waals surface area contributed by atoms with E-state index in [1.165, 1.54) is 16.9 Å². The summed E-state index contributed by atoms with van der Waals surface area (Å²) in [4.78, 5) is 13.9. The van der Waals surface area contributed by atoms with E-state index in [2.05, 4.69) is 10.5 Å². The van der Waals surface area contributed by atoms with Crippen LogP contribution >= 0.6 is 11.3 Å². The first kappa shape index (κ1) is 11.9. The normalized spacial score (nSPS) is 14.7. The number of carbonyl (C=O) groups excluding carboxylic acids is 1. The smallest absolute Gasteiger partial charge is 0.261 e. The van der Waals surface area contributed by atoms with Gasteiger partial charge in [-0.25, -0.2) is 0 Å². The van der Waals surface area contributed by atoms with Gasteiger partial charge in [-0.15, -0.1) is 11.3 Å². The van der Waals surface area contributed by atoms with Crippen molar-refractivity contribution in [1.82, 2.24) is 5.32 Å². The van der Waals surface area contributed by atoms with Crippen LogP contribution in [0.5, 0.6) is 0 Å². The molecule has 5 nitrogen and oxygen atoms in total. The Hall–Kier alpha value is -1.56. The maximum absolute atomic E-state index is 11.8. The van der Waals surface area contributed by atoms with Gasteiger partial charge in [0.15, 0.2) is 0 Å². The topological polar surface area (TPSA) is 87.7 Å². The van der Waals surface area contributed by atoms with Crippen molar-refractivity contribution in [3.8, 4) is 0 Å². The first-order valence-corrected chi connectivity index (χ1v) is 6.38. The third-order valence-electron chi connectivity index (χ3n) is 2.77. The number of fused-ring (bicyclic) bond motifs is 1. The van der Waals surface area contributed by atoms with Crippen LogP contribution in [0.3, 0.4) is 0 Å². The van der Waals surface area contributed by atoms with E-state index in [0.29, 0.717) is 13.0 Å². The molecular weight excluding hydrogens is 238 g/mol. The minimum atomic E-state index is -0.0739. The van der Waals surface area contributed by atoms with Crippen LogP contribution in [0.1, 0.15) is 33.0 Å². The third-order valence-corrected chi connectivity index (χ3v) is 4.00. The Kier molecular flexibility index (Phi) is 3.63. The number of nitrogens with two attached hydrogens (primary N) is 1. The third kappa shape index (κ3) is 2.76. The van der Waals surface area contributed by atoms with Crippen molar-refractivity contribution in [2.24, 2.45) is 10.9 Å². The Morgan fingerprint density at radius 2 is 2.41 bits per heavy atom. The number of rotatable bonds is 4. The molecule has 0 fully saturated rings. The van der Waals surface area contributed by atoms with E-state index in [0.717, 1.165) is 17.7 Å². The van der Waals surface area contributed by atoms with Crippen molar-refractivity contribution in [2.45, 2.75) is 25.7 Å². The summed E-state index contributed by atoms with van der Waals surface area (Å²) in [6.07, 6.45) is 3.74. The predicted molar refractivity (Wildman–Crippen MR) is 66.7 cm³/mol. The van der Waals surface area contributed by atoms with Gasteiger partial charge in [-0.3, -0.25) is 4.79 Å². The summed E-state index contributed by atoms with van der Waals surface area (Å²) in [6.45, 7) is 0.386. The van der Waals surface area contributed by atoms with Crippen molar-refractivity contribution in [1.29, 1.82) is 0 Å². The monoisotopic (exact) mass is 253 g/mol. The fourth-order valence-corrected chi connectivity index (χ4v) is 3.05. The van der Waals surface area contributed by atoms with E-state index in [4.69, 9.17) is 10.9 Å². The zero-order valence-electron chi connectivity index (χ0n) is 9.40. The lowest BCUT2D eigenvalue weighted by Crippen LogP contribution is -2.27. The molecule has 92 valence electrons. The molecule has 0 bridgehead atoms. The lowest BCUT2D eigenvalue weighted by molar-refractivity contribution is 0.0958. The summed E-state index contributed by atoms with van der Waals surface area (Å²) in [6, 6.07) is 1.98. The van der Waals surface area contributed by atoms with Crippen LogP contribution in [-0.2, 0) is 12.8 Å². The number of hydrogen-bond acceptors (Lipinski definition) is 4. The summed E-state index contributed by atoms with van der Waals surface area (Å²) >= 11 is 1.57. The van der Waals surface area contributed by atoms with Gasteiger partial charge < -0.3 is 16.3 Å². The van der Waals surface area contributed by atoms with Crippen molar-refractivity contribution in [3.63, 3.8) is 0 Å². The Morgan fingerprint density at radius 3 is 3.12 bits per heavy atom. The highest BCUT2D eigenvalue weighted by atomic mass is 32.1. The zero-order chi connectivity index (χ0) is 12.3. The van der Waals surface area contributed by atoms with Crippen LogP contribution < -0.4 is 11.1 Å². The molecule has 0 saturated carbocycles. The average Bonchev–Trinajstić information content (AvgIpc) is 2.88. The second kappa shape index (κ2) is 5.18. The Balaban J connectivity index is 1.87. The number of carbonyl (C=O) groups is 1. The predicted octanol–water partition coefficient (Wildman–Crippen LogP) is 1.10. The first-order chi connectivity index (χ1) is 8.20. The molecule has 17 heavy (non-hydrogen) atoms. The van der Waals surface area contributed by atoms with Crippen LogP contribution in [-0.4, -0.2) is 23.5 Å². The van der Waals surface area contributed by atoms with Gasteiger partial charge in [0.05, 0.1) is 4.88 Å². The minimum absolute atomic E-state index is 0.0739. The average molecular weight is 253 g/mol. The van der Waals surface area contributed by atoms with E-state index < -0.39 is 0 Å². The lowest BCUT2D eigenvalue weighted by atomic mass is 10.2. The lowest BCUT2D eigenvalue weighted by Gasteiger charge is -2.02. The molecule has 1 aromatic rings.